The molecule has 1 atom stereocenters. The molecular formula is C13H9BrF4OS. The Morgan fingerprint density at radius 1 is 1.25 bits per heavy atom. The van der Waals surface area contributed by atoms with Crippen molar-refractivity contribution in [3.63, 3.8) is 0 Å². The van der Waals surface area contributed by atoms with Crippen LogP contribution in [0.3, 0.4) is 0 Å². The van der Waals surface area contributed by atoms with Crippen molar-refractivity contribution >= 4 is 27.3 Å². The molecule has 1 aromatic heterocycles. The first-order valence-electron chi connectivity index (χ1n) is 5.50. The highest BCUT2D eigenvalue weighted by molar-refractivity contribution is 9.10. The van der Waals surface area contributed by atoms with Gasteiger partial charge in [0.1, 0.15) is 11.9 Å². The molecule has 2 rings (SSSR count). The Balaban J connectivity index is 2.46. The van der Waals surface area contributed by atoms with Crippen molar-refractivity contribution in [2.24, 2.45) is 0 Å². The van der Waals surface area contributed by atoms with Crippen molar-refractivity contribution in [2.45, 2.75) is 19.2 Å². The molecule has 1 unspecified atom stereocenters. The summed E-state index contributed by atoms with van der Waals surface area (Å²) < 4.78 is 51.8. The second kappa shape index (κ2) is 5.46. The van der Waals surface area contributed by atoms with Gasteiger partial charge in [-0.05, 0) is 46.6 Å². The van der Waals surface area contributed by atoms with Crippen molar-refractivity contribution in [3.05, 3.63) is 55.4 Å². The molecule has 0 radical (unpaired) electrons. The topological polar surface area (TPSA) is 20.2 Å². The van der Waals surface area contributed by atoms with Crippen LogP contribution in [0.1, 0.15) is 27.0 Å². The molecule has 0 fully saturated rings. The van der Waals surface area contributed by atoms with Crippen molar-refractivity contribution in [1.29, 1.82) is 0 Å². The van der Waals surface area contributed by atoms with Crippen LogP contribution in [0.2, 0.25) is 0 Å². The predicted molar refractivity (Wildman–Crippen MR) is 72.2 cm³/mol. The largest absolute Gasteiger partial charge is 0.419 e. The summed E-state index contributed by atoms with van der Waals surface area (Å²) in [5, 5.41) is 10.2. The molecule has 1 heterocycles. The summed E-state index contributed by atoms with van der Waals surface area (Å²) >= 11 is 4.50. The zero-order valence-corrected chi connectivity index (χ0v) is 12.5. The molecule has 1 nitrogen and oxygen atoms in total. The van der Waals surface area contributed by atoms with Gasteiger partial charge in [-0.2, -0.15) is 13.2 Å². The molecular weight excluding hydrogens is 360 g/mol. The summed E-state index contributed by atoms with van der Waals surface area (Å²) in [6.07, 6.45) is -6.02. The number of halogens is 5. The lowest BCUT2D eigenvalue weighted by molar-refractivity contribution is -0.140. The van der Waals surface area contributed by atoms with Crippen LogP contribution >= 0.6 is 27.3 Å². The van der Waals surface area contributed by atoms with E-state index < -0.39 is 23.7 Å². The lowest BCUT2D eigenvalue weighted by atomic mass is 10.0. The van der Waals surface area contributed by atoms with Gasteiger partial charge in [0.05, 0.1) is 10.4 Å². The minimum Gasteiger partial charge on any atom is -0.383 e. The summed E-state index contributed by atoms with van der Waals surface area (Å²) in [5.74, 6) is -1.35. The Morgan fingerprint density at radius 3 is 2.40 bits per heavy atom. The molecule has 0 aliphatic heterocycles. The number of aryl methyl sites for hydroxylation is 1. The molecule has 20 heavy (non-hydrogen) atoms. The standard InChI is InChI=1S/C13H9BrF4OS/c1-6-4-9(14)12(20-6)11(19)7-2-3-10(15)8(5-7)13(16,17)18/h2-5,11,19H,1H3. The Kier molecular flexibility index (Phi) is 4.22. The van der Waals surface area contributed by atoms with Gasteiger partial charge in [-0.3, -0.25) is 0 Å². The van der Waals surface area contributed by atoms with E-state index >= 15 is 0 Å². The van der Waals surface area contributed by atoms with Gasteiger partial charge in [0.15, 0.2) is 0 Å². The van der Waals surface area contributed by atoms with Crippen molar-refractivity contribution in [1.82, 2.24) is 0 Å². The maximum atomic E-state index is 13.2. The minimum absolute atomic E-state index is 0.00118. The van der Waals surface area contributed by atoms with E-state index in [0.29, 0.717) is 15.4 Å². The Morgan fingerprint density at radius 2 is 1.90 bits per heavy atom. The highest BCUT2D eigenvalue weighted by atomic mass is 79.9. The van der Waals surface area contributed by atoms with Crippen LogP contribution in [-0.4, -0.2) is 5.11 Å². The summed E-state index contributed by atoms with van der Waals surface area (Å²) in [5.41, 5.74) is -1.38. The maximum absolute atomic E-state index is 13.2. The third kappa shape index (κ3) is 3.05. The molecule has 1 aromatic carbocycles. The van der Waals surface area contributed by atoms with Gasteiger partial charge < -0.3 is 5.11 Å². The number of hydrogen-bond acceptors (Lipinski definition) is 2. The van der Waals surface area contributed by atoms with E-state index in [1.54, 1.807) is 6.07 Å². The predicted octanol–water partition coefficient (Wildman–Crippen LogP) is 5.06. The highest BCUT2D eigenvalue weighted by Gasteiger charge is 2.35. The van der Waals surface area contributed by atoms with E-state index in [1.165, 1.54) is 11.3 Å². The van der Waals surface area contributed by atoms with Crippen molar-refractivity contribution in [2.75, 3.05) is 0 Å². The summed E-state index contributed by atoms with van der Waals surface area (Å²) in [7, 11) is 0. The van der Waals surface area contributed by atoms with Gasteiger partial charge in [0, 0.05) is 9.35 Å². The SMILES string of the molecule is Cc1cc(Br)c(C(O)c2ccc(F)c(C(F)(F)F)c2)s1. The molecule has 0 saturated carbocycles. The summed E-state index contributed by atoms with van der Waals surface area (Å²) in [6, 6.07) is 4.27. The highest BCUT2D eigenvalue weighted by Crippen LogP contribution is 2.38. The minimum atomic E-state index is -4.79. The molecule has 2 aromatic rings. The van der Waals surface area contributed by atoms with Crippen molar-refractivity contribution in [3.8, 4) is 0 Å². The summed E-state index contributed by atoms with van der Waals surface area (Å²) in [4.78, 5) is 1.39. The van der Waals surface area contributed by atoms with Gasteiger partial charge >= 0.3 is 6.18 Å². The fraction of sp³-hybridized carbons (Fsp3) is 0.231. The second-order valence-corrected chi connectivity index (χ2v) is 6.35. The molecule has 1 N–H and O–H groups in total. The van der Waals surface area contributed by atoms with Crippen LogP contribution in [0, 0.1) is 12.7 Å². The smallest absolute Gasteiger partial charge is 0.383 e. The molecule has 0 bridgehead atoms. The quantitative estimate of drug-likeness (QED) is 0.734. The van der Waals surface area contributed by atoms with E-state index in [0.717, 1.165) is 17.0 Å². The fourth-order valence-corrected chi connectivity index (χ4v) is 3.65. The number of aliphatic hydroxyl groups excluding tert-OH is 1. The van der Waals surface area contributed by atoms with Crippen LogP contribution < -0.4 is 0 Å². The lowest BCUT2D eigenvalue weighted by Crippen LogP contribution is -2.10. The van der Waals surface area contributed by atoms with Crippen LogP contribution in [0.25, 0.3) is 0 Å². The number of aliphatic hydroxyl groups is 1. The summed E-state index contributed by atoms with van der Waals surface area (Å²) in [6.45, 7) is 1.82. The average Bonchev–Trinajstić information content (AvgIpc) is 2.66. The molecule has 0 saturated heterocycles. The van der Waals surface area contributed by atoms with Crippen LogP contribution in [0.5, 0.6) is 0 Å². The molecule has 0 amide bonds. The number of alkyl halides is 3. The molecule has 0 aliphatic rings. The Hall–Kier alpha value is -0.920. The third-order valence-electron chi connectivity index (χ3n) is 2.70. The normalized spacial score (nSPS) is 13.6. The average molecular weight is 369 g/mol. The first kappa shape index (κ1) is 15.5. The van der Waals surface area contributed by atoms with E-state index in [2.05, 4.69) is 15.9 Å². The van der Waals surface area contributed by atoms with Gasteiger partial charge in [0.25, 0.3) is 0 Å². The number of rotatable bonds is 2. The molecule has 7 heteroatoms. The van der Waals surface area contributed by atoms with E-state index in [9.17, 15) is 22.7 Å². The van der Waals surface area contributed by atoms with E-state index in [1.807, 2.05) is 6.92 Å². The first-order chi connectivity index (χ1) is 9.20. The van der Waals surface area contributed by atoms with Crippen molar-refractivity contribution < 1.29 is 22.7 Å². The Bertz CT molecular complexity index is 636. The fourth-order valence-electron chi connectivity index (χ4n) is 1.77. The molecule has 0 spiro atoms. The second-order valence-electron chi connectivity index (χ2n) is 4.21. The number of benzene rings is 1. The van der Waals surface area contributed by atoms with Gasteiger partial charge in [-0.1, -0.05) is 6.07 Å². The maximum Gasteiger partial charge on any atom is 0.419 e. The Labute approximate surface area is 125 Å². The van der Waals surface area contributed by atoms with Crippen LogP contribution in [-0.2, 0) is 6.18 Å². The van der Waals surface area contributed by atoms with Crippen LogP contribution in [0.15, 0.2) is 28.7 Å². The van der Waals surface area contributed by atoms with Gasteiger partial charge in [-0.25, -0.2) is 4.39 Å². The zero-order valence-electron chi connectivity index (χ0n) is 10.1. The first-order valence-corrected chi connectivity index (χ1v) is 7.11. The van der Waals surface area contributed by atoms with Gasteiger partial charge in [0.2, 0.25) is 0 Å². The molecule has 108 valence electrons. The third-order valence-corrected chi connectivity index (χ3v) is 4.72. The monoisotopic (exact) mass is 368 g/mol. The number of hydrogen-bond donors (Lipinski definition) is 1. The van der Waals surface area contributed by atoms with Gasteiger partial charge in [-0.15, -0.1) is 11.3 Å². The zero-order chi connectivity index (χ0) is 15.1. The number of thiophene rings is 1. The van der Waals surface area contributed by atoms with Crippen LogP contribution in [0.4, 0.5) is 17.6 Å². The lowest BCUT2D eigenvalue weighted by Gasteiger charge is -2.14. The van der Waals surface area contributed by atoms with E-state index in [-0.39, 0.29) is 5.56 Å². The van der Waals surface area contributed by atoms with E-state index in [4.69, 9.17) is 0 Å². The molecule has 0 aliphatic carbocycles.